The van der Waals surface area contributed by atoms with Crippen LogP contribution >= 0.6 is 0 Å². The lowest BCUT2D eigenvalue weighted by Crippen LogP contribution is -2.13. The highest BCUT2D eigenvalue weighted by Crippen LogP contribution is 2.18. The molecule has 1 aliphatic carbocycles. The van der Waals surface area contributed by atoms with Crippen LogP contribution < -0.4 is 5.48 Å². The molecule has 9 heavy (non-hydrogen) atoms. The van der Waals surface area contributed by atoms with E-state index >= 15 is 0 Å². The lowest BCUT2D eigenvalue weighted by molar-refractivity contribution is 0.0550. The monoisotopic (exact) mass is 122 g/mol. The summed E-state index contributed by atoms with van der Waals surface area (Å²) in [5.74, 6) is 0.509. The molecule has 2 atom stereocenters. The van der Waals surface area contributed by atoms with Crippen molar-refractivity contribution in [2.45, 2.75) is 6.10 Å². The average Bonchev–Trinajstić information content (AvgIpc) is 2.33. The molecule has 0 aromatic heterocycles. The van der Waals surface area contributed by atoms with Crippen LogP contribution in [-0.4, -0.2) is 12.6 Å². The Morgan fingerprint density at radius 3 is 3.56 bits per heavy atom. The van der Waals surface area contributed by atoms with Gasteiger partial charge in [-0.25, -0.2) is 5.48 Å². The van der Waals surface area contributed by atoms with Gasteiger partial charge < -0.3 is 0 Å². The van der Waals surface area contributed by atoms with Gasteiger partial charge in [-0.1, -0.05) is 18.2 Å². The summed E-state index contributed by atoms with van der Waals surface area (Å²) in [6, 6.07) is 0. The molecule has 0 bridgehead atoms. The summed E-state index contributed by atoms with van der Waals surface area (Å²) in [5.41, 5.74) is 2.84. The van der Waals surface area contributed by atoms with E-state index in [1.54, 1.807) is 0 Å². The summed E-state index contributed by atoms with van der Waals surface area (Å²) >= 11 is 0. The van der Waals surface area contributed by atoms with Gasteiger partial charge in [0.2, 0.25) is 0 Å². The van der Waals surface area contributed by atoms with Gasteiger partial charge in [-0.05, 0) is 6.08 Å². The molecule has 0 aromatic carbocycles. The van der Waals surface area contributed by atoms with Crippen LogP contribution in [0.25, 0.3) is 0 Å². The number of allylic oxidation sites excluding steroid dienone is 2. The standard InChI is InChI=1S/C7H8NO/c1-2-4-7-6(3-1)5-8-9-7/h2-4,6-8H,5H2. The van der Waals surface area contributed by atoms with E-state index in [1.165, 1.54) is 0 Å². The molecule has 47 valence electrons. The van der Waals surface area contributed by atoms with Crippen molar-refractivity contribution in [3.05, 3.63) is 24.3 Å². The first kappa shape index (κ1) is 5.21. The van der Waals surface area contributed by atoms with Crippen molar-refractivity contribution in [1.29, 1.82) is 0 Å². The average molecular weight is 122 g/mol. The second-order valence-corrected chi connectivity index (χ2v) is 2.29. The largest absolute Gasteiger partial charge is 0.294 e. The molecular formula is C7H8NO. The fourth-order valence-electron chi connectivity index (χ4n) is 1.11. The minimum atomic E-state index is 0.256. The third-order valence-electron chi connectivity index (χ3n) is 1.65. The van der Waals surface area contributed by atoms with E-state index in [9.17, 15) is 0 Å². The number of hydrogen-bond acceptors (Lipinski definition) is 2. The Bertz CT molecular complexity index is 144. The van der Waals surface area contributed by atoms with Crippen LogP contribution in [0, 0.1) is 12.0 Å². The third-order valence-corrected chi connectivity index (χ3v) is 1.65. The molecule has 1 radical (unpaired) electrons. The highest BCUT2D eigenvalue weighted by molar-refractivity contribution is 5.12. The molecule has 2 nitrogen and oxygen atoms in total. The first-order valence-corrected chi connectivity index (χ1v) is 3.11. The van der Waals surface area contributed by atoms with E-state index < -0.39 is 0 Å². The van der Waals surface area contributed by atoms with Crippen LogP contribution in [-0.2, 0) is 4.84 Å². The van der Waals surface area contributed by atoms with Gasteiger partial charge in [0.05, 0.1) is 0 Å². The lowest BCUT2D eigenvalue weighted by Gasteiger charge is -2.09. The topological polar surface area (TPSA) is 21.3 Å². The van der Waals surface area contributed by atoms with Crippen molar-refractivity contribution in [2.75, 3.05) is 6.54 Å². The van der Waals surface area contributed by atoms with Crippen LogP contribution in [0.3, 0.4) is 0 Å². The SMILES string of the molecule is [C]1=CC2CNOC2C=C1. The lowest BCUT2D eigenvalue weighted by atomic mass is 9.99. The normalized spacial score (nSPS) is 39.1. The molecule has 0 aromatic rings. The quantitative estimate of drug-likeness (QED) is 0.503. The first-order valence-electron chi connectivity index (χ1n) is 3.11. The third kappa shape index (κ3) is 0.802. The Morgan fingerprint density at radius 2 is 2.67 bits per heavy atom. The van der Waals surface area contributed by atoms with Gasteiger partial charge in [0.15, 0.2) is 0 Å². The molecule has 2 unspecified atom stereocenters. The predicted molar refractivity (Wildman–Crippen MR) is 33.3 cm³/mol. The van der Waals surface area contributed by atoms with E-state index in [1.807, 2.05) is 18.2 Å². The fourth-order valence-corrected chi connectivity index (χ4v) is 1.11. The van der Waals surface area contributed by atoms with Crippen molar-refractivity contribution in [2.24, 2.45) is 5.92 Å². The van der Waals surface area contributed by atoms with Gasteiger partial charge in [0.25, 0.3) is 0 Å². The van der Waals surface area contributed by atoms with E-state index in [4.69, 9.17) is 4.84 Å². The van der Waals surface area contributed by atoms with Gasteiger partial charge >= 0.3 is 0 Å². The van der Waals surface area contributed by atoms with Crippen molar-refractivity contribution in [3.63, 3.8) is 0 Å². The Kier molecular flexibility index (Phi) is 1.14. The fraction of sp³-hybridized carbons (Fsp3) is 0.429. The predicted octanol–water partition coefficient (Wildman–Crippen LogP) is 0.435. The smallest absolute Gasteiger partial charge is 0.105 e. The minimum absolute atomic E-state index is 0.256. The second kappa shape index (κ2) is 1.97. The highest BCUT2D eigenvalue weighted by Gasteiger charge is 2.24. The van der Waals surface area contributed by atoms with Crippen LogP contribution in [0.15, 0.2) is 18.2 Å². The zero-order chi connectivity index (χ0) is 6.10. The summed E-state index contributed by atoms with van der Waals surface area (Å²) < 4.78 is 0. The molecule has 1 fully saturated rings. The summed E-state index contributed by atoms with van der Waals surface area (Å²) in [6.07, 6.45) is 9.25. The zero-order valence-electron chi connectivity index (χ0n) is 5.00. The van der Waals surface area contributed by atoms with Gasteiger partial charge in [-0.3, -0.25) is 4.84 Å². The van der Waals surface area contributed by atoms with Crippen LogP contribution in [0.5, 0.6) is 0 Å². The van der Waals surface area contributed by atoms with E-state index in [2.05, 4.69) is 11.6 Å². The Hall–Kier alpha value is -0.600. The zero-order valence-corrected chi connectivity index (χ0v) is 5.00. The Morgan fingerprint density at radius 1 is 1.67 bits per heavy atom. The van der Waals surface area contributed by atoms with Gasteiger partial charge in [-0.2, -0.15) is 0 Å². The molecule has 1 saturated heterocycles. The number of hydrogen-bond donors (Lipinski definition) is 1. The number of hydroxylamine groups is 1. The highest BCUT2D eigenvalue weighted by atomic mass is 16.7. The van der Waals surface area contributed by atoms with E-state index in [0.29, 0.717) is 5.92 Å². The maximum absolute atomic E-state index is 5.15. The summed E-state index contributed by atoms with van der Waals surface area (Å²) in [6.45, 7) is 0.919. The summed E-state index contributed by atoms with van der Waals surface area (Å²) in [5, 5.41) is 0. The molecule has 1 heterocycles. The van der Waals surface area contributed by atoms with E-state index in [-0.39, 0.29) is 6.10 Å². The molecule has 2 aliphatic rings. The van der Waals surface area contributed by atoms with Crippen LogP contribution in [0.1, 0.15) is 0 Å². The molecular weight excluding hydrogens is 114 g/mol. The number of fused-ring (bicyclic) bond motifs is 1. The molecule has 1 aliphatic heterocycles. The van der Waals surface area contributed by atoms with Gasteiger partial charge in [0, 0.05) is 12.5 Å². The van der Waals surface area contributed by atoms with Crippen molar-refractivity contribution < 1.29 is 4.84 Å². The molecule has 1 N–H and O–H groups in total. The number of nitrogens with one attached hydrogen (secondary N) is 1. The minimum Gasteiger partial charge on any atom is -0.294 e. The van der Waals surface area contributed by atoms with Crippen molar-refractivity contribution in [1.82, 2.24) is 5.48 Å². The molecule has 2 heteroatoms. The molecule has 0 saturated carbocycles. The maximum atomic E-state index is 5.15. The molecule has 0 spiro atoms. The Labute approximate surface area is 54.2 Å². The van der Waals surface area contributed by atoms with Gasteiger partial charge in [0.1, 0.15) is 6.10 Å². The van der Waals surface area contributed by atoms with Crippen LogP contribution in [0.4, 0.5) is 0 Å². The summed E-state index contributed by atoms with van der Waals surface area (Å²) in [4.78, 5) is 5.15. The summed E-state index contributed by atoms with van der Waals surface area (Å²) in [7, 11) is 0. The Balaban J connectivity index is 2.18. The number of rotatable bonds is 0. The first-order chi connectivity index (χ1) is 4.47. The van der Waals surface area contributed by atoms with E-state index in [0.717, 1.165) is 6.54 Å². The van der Waals surface area contributed by atoms with Gasteiger partial charge in [-0.15, -0.1) is 0 Å². The molecule has 2 rings (SSSR count). The van der Waals surface area contributed by atoms with Crippen molar-refractivity contribution >= 4 is 0 Å². The maximum Gasteiger partial charge on any atom is 0.105 e. The van der Waals surface area contributed by atoms with Crippen LogP contribution in [0.2, 0.25) is 0 Å². The second-order valence-electron chi connectivity index (χ2n) is 2.29. The van der Waals surface area contributed by atoms with Crippen molar-refractivity contribution in [3.8, 4) is 0 Å². The molecule has 0 amide bonds.